The maximum absolute atomic E-state index is 14.0. The zero-order valence-corrected chi connectivity index (χ0v) is 29.6. The number of aliphatic hydroxyl groups excluding tert-OH is 2. The van der Waals surface area contributed by atoms with Crippen LogP contribution in [0, 0.1) is 5.92 Å². The van der Waals surface area contributed by atoms with Gasteiger partial charge in [0.15, 0.2) is 0 Å². The van der Waals surface area contributed by atoms with Gasteiger partial charge in [-0.2, -0.15) is 0 Å². The lowest BCUT2D eigenvalue weighted by atomic mass is 9.90. The van der Waals surface area contributed by atoms with Crippen molar-refractivity contribution in [3.8, 4) is 0 Å². The maximum atomic E-state index is 14.0. The Morgan fingerprint density at radius 3 is 2.40 bits per heavy atom. The normalized spacial score (nSPS) is 19.8. The van der Waals surface area contributed by atoms with Crippen LogP contribution in [0.3, 0.4) is 0 Å². The standard InChI is InChI=1S/C41H53N3O6/c1-41(2,3)50-40(48)42-35(26-31-10-5-4-6-11-31)36(45)28-33(39(47)43-38-34-15-8-7-13-32(34)27-37(38)46)14-9-12-29-16-18-30(19-17-29)20-21-44-22-24-49-25-23-44/h4-13,15-19,33,35-38,45-46H,14,20-28H2,1-3H3,(H,42,48)(H,43,47)/b12-9+/t33-,35+,36+,37-,38+/m1/s1. The summed E-state index contributed by atoms with van der Waals surface area (Å²) in [5, 5.41) is 28.5. The van der Waals surface area contributed by atoms with Gasteiger partial charge in [0, 0.05) is 32.0 Å². The summed E-state index contributed by atoms with van der Waals surface area (Å²) in [4.78, 5) is 29.3. The van der Waals surface area contributed by atoms with Crippen molar-refractivity contribution < 1.29 is 29.3 Å². The highest BCUT2D eigenvalue weighted by atomic mass is 16.6. The van der Waals surface area contributed by atoms with Gasteiger partial charge in [0.1, 0.15) is 5.60 Å². The van der Waals surface area contributed by atoms with Crippen LogP contribution < -0.4 is 10.6 Å². The van der Waals surface area contributed by atoms with E-state index in [2.05, 4.69) is 39.8 Å². The molecule has 0 bridgehead atoms. The van der Waals surface area contributed by atoms with Gasteiger partial charge in [-0.3, -0.25) is 9.69 Å². The molecule has 1 heterocycles. The second-order valence-electron chi connectivity index (χ2n) is 14.5. The summed E-state index contributed by atoms with van der Waals surface area (Å²) in [5.74, 6) is -0.892. The van der Waals surface area contributed by atoms with E-state index in [1.807, 2.05) is 66.7 Å². The van der Waals surface area contributed by atoms with E-state index in [4.69, 9.17) is 9.47 Å². The molecule has 0 spiro atoms. The molecule has 0 saturated carbocycles. The monoisotopic (exact) mass is 683 g/mol. The van der Waals surface area contributed by atoms with Crippen molar-refractivity contribution in [1.82, 2.24) is 15.5 Å². The Kier molecular flexibility index (Phi) is 13.2. The quantitative estimate of drug-likeness (QED) is 0.184. The third kappa shape index (κ3) is 11.3. The number of aliphatic hydroxyl groups is 2. The van der Waals surface area contributed by atoms with Gasteiger partial charge < -0.3 is 30.3 Å². The van der Waals surface area contributed by atoms with E-state index >= 15 is 0 Å². The lowest BCUT2D eigenvalue weighted by Gasteiger charge is -2.29. The largest absolute Gasteiger partial charge is 0.444 e. The third-order valence-electron chi connectivity index (χ3n) is 9.39. The molecule has 2 aliphatic rings. The number of carbonyl (C=O) groups is 2. The Balaban J connectivity index is 1.29. The smallest absolute Gasteiger partial charge is 0.407 e. The molecule has 1 aliphatic carbocycles. The molecule has 1 saturated heterocycles. The second-order valence-corrected chi connectivity index (χ2v) is 14.5. The SMILES string of the molecule is CC(C)(C)OC(=O)N[C@@H](Cc1ccccc1)[C@@H](O)C[C@@H](C/C=C/c1ccc(CCN2CCOCC2)cc1)C(=O)N[C@H]1c2ccccc2C[C@H]1O. The van der Waals surface area contributed by atoms with Gasteiger partial charge in [-0.25, -0.2) is 4.79 Å². The summed E-state index contributed by atoms with van der Waals surface area (Å²) < 4.78 is 11.0. The van der Waals surface area contributed by atoms with Gasteiger partial charge in [0.05, 0.1) is 37.5 Å². The number of nitrogens with zero attached hydrogens (tertiary/aromatic N) is 1. The highest BCUT2D eigenvalue weighted by Gasteiger charge is 2.35. The second kappa shape index (κ2) is 17.8. The highest BCUT2D eigenvalue weighted by molar-refractivity contribution is 5.80. The molecular weight excluding hydrogens is 630 g/mol. The average Bonchev–Trinajstić information content (AvgIpc) is 3.41. The van der Waals surface area contributed by atoms with Crippen LogP contribution in [0.1, 0.15) is 67.5 Å². The van der Waals surface area contributed by atoms with E-state index in [1.54, 1.807) is 20.8 Å². The predicted octanol–water partition coefficient (Wildman–Crippen LogP) is 5.24. The van der Waals surface area contributed by atoms with Crippen LogP contribution in [0.5, 0.6) is 0 Å². The molecule has 268 valence electrons. The van der Waals surface area contributed by atoms with Crippen LogP contribution in [-0.4, -0.2) is 83.8 Å². The van der Waals surface area contributed by atoms with Crippen molar-refractivity contribution in [2.75, 3.05) is 32.8 Å². The molecule has 2 amide bonds. The molecule has 0 unspecified atom stereocenters. The zero-order valence-electron chi connectivity index (χ0n) is 29.6. The molecule has 9 nitrogen and oxygen atoms in total. The predicted molar refractivity (Wildman–Crippen MR) is 196 cm³/mol. The molecule has 5 rings (SSSR count). The number of hydrogen-bond acceptors (Lipinski definition) is 7. The number of carbonyl (C=O) groups excluding carboxylic acids is 2. The summed E-state index contributed by atoms with van der Waals surface area (Å²) >= 11 is 0. The minimum atomic E-state index is -1.06. The Morgan fingerprint density at radius 2 is 1.68 bits per heavy atom. The number of alkyl carbamates (subject to hydrolysis) is 1. The first-order chi connectivity index (χ1) is 24.0. The van der Waals surface area contributed by atoms with Gasteiger partial charge >= 0.3 is 6.09 Å². The fraction of sp³-hybridized carbons (Fsp3) is 0.463. The molecule has 4 N–H and O–H groups in total. The number of nitrogens with one attached hydrogen (secondary N) is 2. The summed E-state index contributed by atoms with van der Waals surface area (Å²) in [6, 6.07) is 24.6. The first-order valence-corrected chi connectivity index (χ1v) is 17.9. The minimum Gasteiger partial charge on any atom is -0.444 e. The van der Waals surface area contributed by atoms with Crippen molar-refractivity contribution in [2.24, 2.45) is 5.92 Å². The molecule has 0 aromatic heterocycles. The van der Waals surface area contributed by atoms with E-state index in [-0.39, 0.29) is 12.3 Å². The molecule has 50 heavy (non-hydrogen) atoms. The fourth-order valence-corrected chi connectivity index (χ4v) is 6.67. The highest BCUT2D eigenvalue weighted by Crippen LogP contribution is 2.32. The summed E-state index contributed by atoms with van der Waals surface area (Å²) in [7, 11) is 0. The Morgan fingerprint density at radius 1 is 0.980 bits per heavy atom. The molecule has 3 aromatic rings. The third-order valence-corrected chi connectivity index (χ3v) is 9.39. The molecule has 3 aromatic carbocycles. The lowest BCUT2D eigenvalue weighted by molar-refractivity contribution is -0.127. The molecule has 9 heteroatoms. The van der Waals surface area contributed by atoms with Crippen molar-refractivity contribution in [2.45, 2.75) is 82.8 Å². The molecule has 1 aliphatic heterocycles. The van der Waals surface area contributed by atoms with Crippen LogP contribution in [-0.2, 0) is 33.5 Å². The van der Waals surface area contributed by atoms with E-state index in [9.17, 15) is 19.8 Å². The number of amides is 2. The lowest BCUT2D eigenvalue weighted by Crippen LogP contribution is -2.48. The fourth-order valence-electron chi connectivity index (χ4n) is 6.67. The first kappa shape index (κ1) is 37.2. The first-order valence-electron chi connectivity index (χ1n) is 17.9. The number of hydrogen-bond donors (Lipinski definition) is 4. The Bertz CT molecular complexity index is 1550. The summed E-state index contributed by atoms with van der Waals surface area (Å²) in [5.41, 5.74) is 4.44. The number of fused-ring (bicyclic) bond motifs is 1. The van der Waals surface area contributed by atoms with E-state index in [0.717, 1.165) is 61.5 Å². The topological polar surface area (TPSA) is 120 Å². The van der Waals surface area contributed by atoms with Gasteiger partial charge in [0.2, 0.25) is 5.91 Å². The van der Waals surface area contributed by atoms with Crippen LogP contribution in [0.25, 0.3) is 6.08 Å². The Labute approximate surface area is 296 Å². The number of rotatable bonds is 14. The van der Waals surface area contributed by atoms with E-state index in [1.165, 1.54) is 5.56 Å². The maximum Gasteiger partial charge on any atom is 0.407 e. The number of benzene rings is 3. The molecular formula is C41H53N3O6. The summed E-state index contributed by atoms with van der Waals surface area (Å²) in [6.07, 6.45) is 3.79. The van der Waals surface area contributed by atoms with Gasteiger partial charge in [-0.05, 0) is 74.3 Å². The van der Waals surface area contributed by atoms with Crippen molar-refractivity contribution in [3.05, 3.63) is 113 Å². The van der Waals surface area contributed by atoms with Crippen LogP contribution in [0.15, 0.2) is 84.9 Å². The van der Waals surface area contributed by atoms with Gasteiger partial charge in [0.25, 0.3) is 0 Å². The average molecular weight is 684 g/mol. The van der Waals surface area contributed by atoms with Crippen LogP contribution in [0.4, 0.5) is 4.79 Å². The minimum absolute atomic E-state index is 0.0917. The van der Waals surface area contributed by atoms with Crippen LogP contribution in [0.2, 0.25) is 0 Å². The molecule has 5 atom stereocenters. The van der Waals surface area contributed by atoms with Crippen molar-refractivity contribution >= 4 is 18.1 Å². The van der Waals surface area contributed by atoms with Crippen LogP contribution >= 0.6 is 0 Å². The number of ether oxygens (including phenoxy) is 2. The number of allylic oxidation sites excluding steroid dienone is 1. The van der Waals surface area contributed by atoms with Gasteiger partial charge in [-0.15, -0.1) is 0 Å². The van der Waals surface area contributed by atoms with Crippen molar-refractivity contribution in [1.29, 1.82) is 0 Å². The van der Waals surface area contributed by atoms with E-state index in [0.29, 0.717) is 19.3 Å². The summed E-state index contributed by atoms with van der Waals surface area (Å²) in [6.45, 7) is 9.90. The molecule has 1 fully saturated rings. The molecule has 0 radical (unpaired) electrons. The van der Waals surface area contributed by atoms with Crippen molar-refractivity contribution in [3.63, 3.8) is 0 Å². The van der Waals surface area contributed by atoms with Gasteiger partial charge in [-0.1, -0.05) is 91.0 Å². The number of morpholine rings is 1. The zero-order chi connectivity index (χ0) is 35.5. The Hall–Kier alpha value is -4.02. The van der Waals surface area contributed by atoms with E-state index < -0.39 is 41.9 Å².